The highest BCUT2D eigenvalue weighted by Crippen LogP contribution is 2.24. The molecule has 1 amide bonds. The van der Waals surface area contributed by atoms with E-state index in [2.05, 4.69) is 21.2 Å². The van der Waals surface area contributed by atoms with Crippen molar-refractivity contribution in [2.75, 3.05) is 19.4 Å². The number of nitrogen functional groups attached to an aromatic ring is 1. The second-order valence-electron chi connectivity index (χ2n) is 5.36. The van der Waals surface area contributed by atoms with E-state index >= 15 is 0 Å². The van der Waals surface area contributed by atoms with Gasteiger partial charge in [0.25, 0.3) is 5.91 Å². The van der Waals surface area contributed by atoms with Crippen molar-refractivity contribution in [3.05, 3.63) is 48.0 Å². The average Bonchev–Trinajstić information content (AvgIpc) is 3.00. The maximum atomic E-state index is 12.6. The Morgan fingerprint density at radius 3 is 2.80 bits per heavy atom. The van der Waals surface area contributed by atoms with Gasteiger partial charge in [-0.3, -0.25) is 4.79 Å². The Balaban J connectivity index is 2.04. The van der Waals surface area contributed by atoms with Gasteiger partial charge in [-0.1, -0.05) is 18.1 Å². The summed E-state index contributed by atoms with van der Waals surface area (Å²) in [6.07, 6.45) is 8.34. The molecule has 0 bridgehead atoms. The second-order valence-corrected chi connectivity index (χ2v) is 5.36. The standard InChI is InChI=1S/C18H17N5O2/c1-3-8-20-18(24)16-15-14(17(19)22-11-21-15)10-23(16)9-12-4-6-13(25-2)7-5-12/h1,4-7,10-11H,8-9H2,2H3,(H,20,24)(H2,19,21,22). The molecule has 0 atom stereocenters. The number of hydrogen-bond acceptors (Lipinski definition) is 5. The molecule has 0 fully saturated rings. The Kier molecular flexibility index (Phi) is 4.53. The van der Waals surface area contributed by atoms with Crippen LogP contribution in [-0.4, -0.2) is 34.1 Å². The molecule has 0 unspecified atom stereocenters. The third-order valence-corrected chi connectivity index (χ3v) is 3.79. The minimum absolute atomic E-state index is 0.134. The molecule has 1 aromatic carbocycles. The summed E-state index contributed by atoms with van der Waals surface area (Å²) >= 11 is 0. The maximum Gasteiger partial charge on any atom is 0.270 e. The molecule has 7 heteroatoms. The quantitative estimate of drug-likeness (QED) is 0.688. The summed E-state index contributed by atoms with van der Waals surface area (Å²) < 4.78 is 6.96. The number of nitrogens with two attached hydrogens (primary N) is 1. The van der Waals surface area contributed by atoms with Crippen molar-refractivity contribution < 1.29 is 9.53 Å². The fraction of sp³-hybridized carbons (Fsp3) is 0.167. The van der Waals surface area contributed by atoms with E-state index in [1.807, 2.05) is 24.3 Å². The molecular weight excluding hydrogens is 318 g/mol. The van der Waals surface area contributed by atoms with E-state index < -0.39 is 0 Å². The van der Waals surface area contributed by atoms with Crippen LogP contribution in [0.5, 0.6) is 5.75 Å². The van der Waals surface area contributed by atoms with Crippen molar-refractivity contribution in [1.82, 2.24) is 19.9 Å². The lowest BCUT2D eigenvalue weighted by Crippen LogP contribution is -2.26. The van der Waals surface area contributed by atoms with Crippen molar-refractivity contribution in [2.24, 2.45) is 0 Å². The summed E-state index contributed by atoms with van der Waals surface area (Å²) in [5, 5.41) is 3.30. The van der Waals surface area contributed by atoms with Crippen LogP contribution in [0.15, 0.2) is 36.8 Å². The maximum absolute atomic E-state index is 12.6. The van der Waals surface area contributed by atoms with E-state index in [1.165, 1.54) is 6.33 Å². The zero-order valence-electron chi connectivity index (χ0n) is 13.7. The van der Waals surface area contributed by atoms with Crippen LogP contribution in [0.4, 0.5) is 5.82 Å². The lowest BCUT2D eigenvalue weighted by molar-refractivity contribution is 0.0951. The number of amides is 1. The van der Waals surface area contributed by atoms with Gasteiger partial charge in [0, 0.05) is 12.7 Å². The third kappa shape index (κ3) is 3.23. The minimum atomic E-state index is -0.306. The van der Waals surface area contributed by atoms with Crippen LogP contribution in [0.25, 0.3) is 10.9 Å². The first-order chi connectivity index (χ1) is 12.1. The van der Waals surface area contributed by atoms with Gasteiger partial charge in [0.2, 0.25) is 0 Å². The highest BCUT2D eigenvalue weighted by molar-refractivity contribution is 6.07. The number of anilines is 1. The Bertz CT molecular complexity index is 954. The van der Waals surface area contributed by atoms with E-state index in [1.54, 1.807) is 17.9 Å². The van der Waals surface area contributed by atoms with Gasteiger partial charge in [0.15, 0.2) is 0 Å². The molecule has 0 saturated heterocycles. The monoisotopic (exact) mass is 335 g/mol. The van der Waals surface area contributed by atoms with Gasteiger partial charge in [-0.15, -0.1) is 6.42 Å². The summed E-state index contributed by atoms with van der Waals surface area (Å²) in [6.45, 7) is 0.604. The Labute approximate surface area is 144 Å². The van der Waals surface area contributed by atoms with Crippen molar-refractivity contribution in [3.8, 4) is 18.1 Å². The number of nitrogens with one attached hydrogen (secondary N) is 1. The van der Waals surface area contributed by atoms with Gasteiger partial charge in [-0.2, -0.15) is 0 Å². The number of nitrogens with zero attached hydrogens (tertiary/aromatic N) is 3. The van der Waals surface area contributed by atoms with Gasteiger partial charge in [0.1, 0.15) is 29.1 Å². The molecule has 0 spiro atoms. The zero-order chi connectivity index (χ0) is 17.8. The molecule has 2 heterocycles. The summed E-state index contributed by atoms with van der Waals surface area (Å²) in [6, 6.07) is 7.60. The molecule has 0 aliphatic rings. The van der Waals surface area contributed by atoms with Crippen molar-refractivity contribution >= 4 is 22.6 Å². The molecule has 0 saturated carbocycles. The van der Waals surface area contributed by atoms with Crippen molar-refractivity contribution in [1.29, 1.82) is 0 Å². The molecule has 7 nitrogen and oxygen atoms in total. The van der Waals surface area contributed by atoms with Crippen molar-refractivity contribution in [3.63, 3.8) is 0 Å². The van der Waals surface area contributed by atoms with E-state index in [0.717, 1.165) is 11.3 Å². The highest BCUT2D eigenvalue weighted by atomic mass is 16.5. The molecule has 2 aromatic heterocycles. The number of carbonyl (C=O) groups excluding carboxylic acids is 1. The third-order valence-electron chi connectivity index (χ3n) is 3.79. The number of carbonyl (C=O) groups is 1. The van der Waals surface area contributed by atoms with Crippen LogP contribution in [0.1, 0.15) is 16.1 Å². The van der Waals surface area contributed by atoms with Crippen LogP contribution < -0.4 is 15.8 Å². The average molecular weight is 335 g/mol. The Hall–Kier alpha value is -3.53. The number of aromatic nitrogens is 3. The van der Waals surface area contributed by atoms with E-state index in [9.17, 15) is 4.79 Å². The van der Waals surface area contributed by atoms with Gasteiger partial charge in [-0.05, 0) is 17.7 Å². The molecule has 0 radical (unpaired) electrons. The minimum Gasteiger partial charge on any atom is -0.497 e. The van der Waals surface area contributed by atoms with E-state index in [4.69, 9.17) is 16.9 Å². The summed E-state index contributed by atoms with van der Waals surface area (Å²) in [5.41, 5.74) is 7.82. The lowest BCUT2D eigenvalue weighted by atomic mass is 10.2. The van der Waals surface area contributed by atoms with Gasteiger partial charge in [0.05, 0.1) is 19.0 Å². The van der Waals surface area contributed by atoms with Crippen LogP contribution in [0.2, 0.25) is 0 Å². The predicted octanol–water partition coefficient (Wildman–Crippen LogP) is 1.43. The number of benzene rings is 1. The molecule has 3 rings (SSSR count). The number of fused-ring (bicyclic) bond motifs is 1. The summed E-state index contributed by atoms with van der Waals surface area (Å²) in [7, 11) is 1.61. The fourth-order valence-corrected chi connectivity index (χ4v) is 2.59. The lowest BCUT2D eigenvalue weighted by Gasteiger charge is -2.09. The van der Waals surface area contributed by atoms with Crippen LogP contribution in [0.3, 0.4) is 0 Å². The van der Waals surface area contributed by atoms with Crippen LogP contribution >= 0.6 is 0 Å². The Morgan fingerprint density at radius 1 is 1.36 bits per heavy atom. The zero-order valence-corrected chi connectivity index (χ0v) is 13.7. The fourth-order valence-electron chi connectivity index (χ4n) is 2.59. The predicted molar refractivity (Wildman–Crippen MR) is 95.2 cm³/mol. The number of ether oxygens (including phenoxy) is 1. The van der Waals surface area contributed by atoms with E-state index in [0.29, 0.717) is 29.0 Å². The number of hydrogen-bond donors (Lipinski definition) is 2. The van der Waals surface area contributed by atoms with Gasteiger partial charge >= 0.3 is 0 Å². The van der Waals surface area contributed by atoms with E-state index in [-0.39, 0.29) is 12.5 Å². The molecule has 0 aliphatic carbocycles. The first kappa shape index (κ1) is 16.3. The molecular formula is C18H17N5O2. The topological polar surface area (TPSA) is 95.1 Å². The highest BCUT2D eigenvalue weighted by Gasteiger charge is 2.19. The molecule has 3 N–H and O–H groups in total. The molecule has 0 aliphatic heterocycles. The second kappa shape index (κ2) is 6.93. The van der Waals surface area contributed by atoms with Crippen LogP contribution in [-0.2, 0) is 6.54 Å². The summed E-state index contributed by atoms with van der Waals surface area (Å²) in [5.74, 6) is 3.17. The van der Waals surface area contributed by atoms with Crippen LogP contribution in [0, 0.1) is 12.3 Å². The first-order valence-corrected chi connectivity index (χ1v) is 7.58. The molecule has 25 heavy (non-hydrogen) atoms. The number of rotatable bonds is 5. The molecule has 126 valence electrons. The normalized spacial score (nSPS) is 10.4. The van der Waals surface area contributed by atoms with Gasteiger partial charge < -0.3 is 20.4 Å². The smallest absolute Gasteiger partial charge is 0.270 e. The SMILES string of the molecule is C#CCNC(=O)c1c2ncnc(N)c2cn1Cc1ccc(OC)cc1. The molecule has 3 aromatic rings. The van der Waals surface area contributed by atoms with Gasteiger partial charge in [-0.25, -0.2) is 9.97 Å². The number of terminal acetylenes is 1. The largest absolute Gasteiger partial charge is 0.497 e. The summed E-state index contributed by atoms with van der Waals surface area (Å²) in [4.78, 5) is 20.8. The number of methoxy groups -OCH3 is 1. The first-order valence-electron chi connectivity index (χ1n) is 7.58. The van der Waals surface area contributed by atoms with Crippen molar-refractivity contribution in [2.45, 2.75) is 6.54 Å². The Morgan fingerprint density at radius 2 is 2.12 bits per heavy atom.